The highest BCUT2D eigenvalue weighted by molar-refractivity contribution is 5.95. The first kappa shape index (κ1) is 20.7. The normalized spacial score (nSPS) is 11.4. The Morgan fingerprint density at radius 2 is 1.97 bits per heavy atom. The van der Waals surface area contributed by atoms with Crippen LogP contribution in [0.2, 0.25) is 0 Å². The minimum absolute atomic E-state index is 0.0778. The second-order valence-corrected chi connectivity index (χ2v) is 7.83. The second-order valence-electron chi connectivity index (χ2n) is 7.83. The van der Waals surface area contributed by atoms with E-state index in [0.717, 1.165) is 22.2 Å². The van der Waals surface area contributed by atoms with Crippen LogP contribution in [0, 0.1) is 13.8 Å². The van der Waals surface area contributed by atoms with Crippen LogP contribution >= 0.6 is 0 Å². The molecule has 0 unspecified atom stereocenters. The molecule has 0 saturated carbocycles. The van der Waals surface area contributed by atoms with Gasteiger partial charge < -0.3 is 15.2 Å². The highest BCUT2D eigenvalue weighted by atomic mass is 16.2. The molecule has 8 nitrogen and oxygen atoms in total. The molecule has 3 heterocycles. The van der Waals surface area contributed by atoms with Gasteiger partial charge in [-0.15, -0.1) is 0 Å². The topological polar surface area (TPSA) is 95.9 Å². The molecule has 3 aromatic rings. The van der Waals surface area contributed by atoms with E-state index >= 15 is 0 Å². The fourth-order valence-corrected chi connectivity index (χ4v) is 3.37. The lowest BCUT2D eigenvalue weighted by molar-refractivity contribution is 0.0822. The maximum atomic E-state index is 12.5. The molecule has 29 heavy (non-hydrogen) atoms. The predicted octanol–water partition coefficient (Wildman–Crippen LogP) is 2.31. The molecule has 3 aromatic heterocycles. The predicted molar refractivity (Wildman–Crippen MR) is 113 cm³/mol. The number of H-pyrrole nitrogens is 1. The van der Waals surface area contributed by atoms with Crippen molar-refractivity contribution in [2.75, 3.05) is 14.1 Å². The van der Waals surface area contributed by atoms with Crippen molar-refractivity contribution in [2.45, 2.75) is 46.8 Å². The summed E-state index contributed by atoms with van der Waals surface area (Å²) in [5.41, 5.74) is 4.43. The Morgan fingerprint density at radius 3 is 2.59 bits per heavy atom. The Balaban J connectivity index is 1.94. The molecule has 0 saturated heterocycles. The number of hydrogen-bond acceptors (Lipinski definition) is 5. The van der Waals surface area contributed by atoms with Crippen molar-refractivity contribution in [1.29, 1.82) is 0 Å². The summed E-state index contributed by atoms with van der Waals surface area (Å²) in [5, 5.41) is 8.69. The van der Waals surface area contributed by atoms with Gasteiger partial charge in [0.15, 0.2) is 5.65 Å². The molecule has 0 aliphatic heterocycles. The molecule has 154 valence electrons. The minimum atomic E-state index is -0.157. The van der Waals surface area contributed by atoms with Gasteiger partial charge in [0.05, 0.1) is 6.20 Å². The SMILES string of the molecule is Cc1cc(C)c(CNCc2cc(C(=O)N(C)C)nc3c2cnn3C(C)C)c(=O)[nH]1. The fourth-order valence-electron chi connectivity index (χ4n) is 3.37. The molecule has 0 aliphatic carbocycles. The van der Waals surface area contributed by atoms with Gasteiger partial charge in [-0.3, -0.25) is 9.59 Å². The third kappa shape index (κ3) is 4.22. The van der Waals surface area contributed by atoms with E-state index in [4.69, 9.17) is 0 Å². The smallest absolute Gasteiger partial charge is 0.272 e. The number of hydrogen-bond donors (Lipinski definition) is 2. The van der Waals surface area contributed by atoms with Gasteiger partial charge in [0, 0.05) is 49.9 Å². The first-order chi connectivity index (χ1) is 13.7. The lowest BCUT2D eigenvalue weighted by atomic mass is 10.1. The molecule has 3 rings (SSSR count). The summed E-state index contributed by atoms with van der Waals surface area (Å²) in [4.78, 5) is 33.7. The van der Waals surface area contributed by atoms with Crippen molar-refractivity contribution in [3.63, 3.8) is 0 Å². The van der Waals surface area contributed by atoms with Crippen molar-refractivity contribution in [3.05, 3.63) is 56.8 Å². The van der Waals surface area contributed by atoms with E-state index < -0.39 is 0 Å². The third-order valence-electron chi connectivity index (χ3n) is 4.88. The standard InChI is InChI=1S/C21H28N6O2/c1-12(2)27-19-17(11-23-27)15(8-18(25-19)21(29)26(5)6)9-22-10-16-13(3)7-14(4)24-20(16)28/h7-8,11-12,22H,9-10H2,1-6H3,(H,24,28). The molecule has 0 aromatic carbocycles. The van der Waals surface area contributed by atoms with Crippen LogP contribution in [0.3, 0.4) is 0 Å². The molecule has 0 atom stereocenters. The van der Waals surface area contributed by atoms with Gasteiger partial charge in [0.1, 0.15) is 5.69 Å². The van der Waals surface area contributed by atoms with Crippen molar-refractivity contribution in [1.82, 2.24) is 30.0 Å². The number of aryl methyl sites for hydroxylation is 2. The molecule has 0 spiro atoms. The van der Waals surface area contributed by atoms with Crippen molar-refractivity contribution >= 4 is 16.9 Å². The maximum absolute atomic E-state index is 12.5. The van der Waals surface area contributed by atoms with Crippen LogP contribution < -0.4 is 10.9 Å². The van der Waals surface area contributed by atoms with E-state index in [-0.39, 0.29) is 17.5 Å². The van der Waals surface area contributed by atoms with Crippen LogP contribution in [-0.2, 0) is 13.1 Å². The van der Waals surface area contributed by atoms with Crippen LogP contribution in [0.25, 0.3) is 11.0 Å². The highest BCUT2D eigenvalue weighted by Gasteiger charge is 2.18. The highest BCUT2D eigenvalue weighted by Crippen LogP contribution is 2.22. The summed E-state index contributed by atoms with van der Waals surface area (Å²) >= 11 is 0. The van der Waals surface area contributed by atoms with E-state index in [1.165, 1.54) is 4.90 Å². The molecule has 1 amide bonds. The molecule has 0 aliphatic rings. The maximum Gasteiger partial charge on any atom is 0.272 e. The minimum Gasteiger partial charge on any atom is -0.343 e. The zero-order valence-electron chi connectivity index (χ0n) is 17.8. The van der Waals surface area contributed by atoms with Crippen LogP contribution in [0.1, 0.15) is 52.8 Å². The number of aromatic nitrogens is 4. The molecule has 2 N–H and O–H groups in total. The van der Waals surface area contributed by atoms with Gasteiger partial charge in [0.25, 0.3) is 11.5 Å². The fraction of sp³-hybridized carbons (Fsp3) is 0.429. The molecule has 8 heteroatoms. The largest absolute Gasteiger partial charge is 0.343 e. The Bertz CT molecular complexity index is 1110. The zero-order chi connectivity index (χ0) is 21.3. The second kappa shape index (κ2) is 8.16. The van der Waals surface area contributed by atoms with Gasteiger partial charge in [-0.25, -0.2) is 9.67 Å². The lowest BCUT2D eigenvalue weighted by Crippen LogP contribution is -2.25. The summed E-state index contributed by atoms with van der Waals surface area (Å²) in [6.07, 6.45) is 1.78. The van der Waals surface area contributed by atoms with Gasteiger partial charge in [-0.2, -0.15) is 5.10 Å². The zero-order valence-corrected chi connectivity index (χ0v) is 17.8. The van der Waals surface area contributed by atoms with E-state index in [2.05, 4.69) is 20.4 Å². The van der Waals surface area contributed by atoms with Crippen LogP contribution in [0.15, 0.2) is 23.1 Å². The van der Waals surface area contributed by atoms with E-state index in [0.29, 0.717) is 30.0 Å². The summed E-state index contributed by atoms with van der Waals surface area (Å²) in [5.74, 6) is -0.157. The Hall–Kier alpha value is -3.00. The van der Waals surface area contributed by atoms with Gasteiger partial charge in [-0.1, -0.05) is 0 Å². The number of fused-ring (bicyclic) bond motifs is 1. The third-order valence-corrected chi connectivity index (χ3v) is 4.88. The van der Waals surface area contributed by atoms with E-state index in [9.17, 15) is 9.59 Å². The number of nitrogens with one attached hydrogen (secondary N) is 2. The number of amides is 1. The van der Waals surface area contributed by atoms with E-state index in [1.807, 2.05) is 38.4 Å². The summed E-state index contributed by atoms with van der Waals surface area (Å²) in [6.45, 7) is 8.78. The summed E-state index contributed by atoms with van der Waals surface area (Å²) in [6, 6.07) is 3.89. The Morgan fingerprint density at radius 1 is 1.24 bits per heavy atom. The van der Waals surface area contributed by atoms with E-state index in [1.54, 1.807) is 26.4 Å². The van der Waals surface area contributed by atoms with Crippen molar-refractivity contribution in [2.24, 2.45) is 0 Å². The first-order valence-electron chi connectivity index (χ1n) is 9.68. The lowest BCUT2D eigenvalue weighted by Gasteiger charge is -2.14. The van der Waals surface area contributed by atoms with Gasteiger partial charge >= 0.3 is 0 Å². The van der Waals surface area contributed by atoms with Crippen LogP contribution in [0.4, 0.5) is 0 Å². The number of aromatic amines is 1. The Kier molecular flexibility index (Phi) is 5.83. The van der Waals surface area contributed by atoms with Gasteiger partial charge in [-0.05, 0) is 51.0 Å². The molecular weight excluding hydrogens is 368 g/mol. The van der Waals surface area contributed by atoms with Crippen LogP contribution in [0.5, 0.6) is 0 Å². The average Bonchev–Trinajstić information content (AvgIpc) is 3.07. The molecule has 0 bridgehead atoms. The number of pyridine rings is 2. The van der Waals surface area contributed by atoms with Crippen molar-refractivity contribution < 1.29 is 4.79 Å². The number of carbonyl (C=O) groups is 1. The number of nitrogens with zero attached hydrogens (tertiary/aromatic N) is 4. The molecular formula is C21H28N6O2. The first-order valence-corrected chi connectivity index (χ1v) is 9.68. The summed E-state index contributed by atoms with van der Waals surface area (Å²) in [7, 11) is 3.41. The van der Waals surface area contributed by atoms with Crippen LogP contribution in [-0.4, -0.2) is 44.7 Å². The number of rotatable bonds is 6. The Labute approximate surface area is 169 Å². The molecule has 0 radical (unpaired) electrons. The summed E-state index contributed by atoms with van der Waals surface area (Å²) < 4.78 is 1.82. The molecule has 0 fully saturated rings. The van der Waals surface area contributed by atoms with Gasteiger partial charge in [0.2, 0.25) is 0 Å². The van der Waals surface area contributed by atoms with Crippen molar-refractivity contribution in [3.8, 4) is 0 Å². The average molecular weight is 396 g/mol. The monoisotopic (exact) mass is 396 g/mol. The quantitative estimate of drug-likeness (QED) is 0.667. The number of carbonyl (C=O) groups excluding carboxylic acids is 1.